The third-order valence-electron chi connectivity index (χ3n) is 3.04. The highest BCUT2D eigenvalue weighted by Crippen LogP contribution is 2.51. The lowest BCUT2D eigenvalue weighted by Gasteiger charge is -2.10. The van der Waals surface area contributed by atoms with Crippen LogP contribution in [0.1, 0.15) is 17.9 Å². The minimum Gasteiger partial charge on any atom is -0.502 e. The highest BCUT2D eigenvalue weighted by atomic mass is 16.5. The molecule has 1 aliphatic carbocycles. The first kappa shape index (κ1) is 11.6. The first-order valence-corrected chi connectivity index (χ1v) is 5.26. The fraction of sp³-hybridized carbons (Fsp3) is 0.417. The van der Waals surface area contributed by atoms with E-state index >= 15 is 0 Å². The molecule has 0 saturated heterocycles. The van der Waals surface area contributed by atoms with Crippen LogP contribution in [0, 0.1) is 5.92 Å². The van der Waals surface area contributed by atoms with Crippen molar-refractivity contribution in [3.05, 3.63) is 17.7 Å². The van der Waals surface area contributed by atoms with Crippen LogP contribution in [0.2, 0.25) is 0 Å². The summed E-state index contributed by atoms with van der Waals surface area (Å²) in [5.41, 5.74) is 0.823. The van der Waals surface area contributed by atoms with Crippen molar-refractivity contribution in [2.75, 3.05) is 14.2 Å². The molecule has 2 N–H and O–H groups in total. The van der Waals surface area contributed by atoms with Gasteiger partial charge in [-0.15, -0.1) is 0 Å². The molecule has 5 heteroatoms. The summed E-state index contributed by atoms with van der Waals surface area (Å²) < 4.78 is 10.0. The van der Waals surface area contributed by atoms with Gasteiger partial charge in [0.1, 0.15) is 0 Å². The van der Waals surface area contributed by atoms with Gasteiger partial charge in [-0.1, -0.05) is 0 Å². The molecule has 0 amide bonds. The number of hydrogen-bond donors (Lipinski definition) is 2. The molecule has 5 nitrogen and oxygen atoms in total. The Hall–Kier alpha value is -1.91. The van der Waals surface area contributed by atoms with Crippen molar-refractivity contribution in [2.45, 2.75) is 12.3 Å². The Morgan fingerprint density at radius 2 is 1.82 bits per heavy atom. The van der Waals surface area contributed by atoms with Crippen molar-refractivity contribution < 1.29 is 24.5 Å². The molecule has 0 spiro atoms. The Kier molecular flexibility index (Phi) is 2.83. The fourth-order valence-corrected chi connectivity index (χ4v) is 1.96. The van der Waals surface area contributed by atoms with Gasteiger partial charge in [0, 0.05) is 0 Å². The summed E-state index contributed by atoms with van der Waals surface area (Å²) in [5, 5.41) is 18.6. The Morgan fingerprint density at radius 3 is 2.18 bits per heavy atom. The van der Waals surface area contributed by atoms with Crippen LogP contribution >= 0.6 is 0 Å². The molecule has 1 aromatic carbocycles. The van der Waals surface area contributed by atoms with Crippen LogP contribution in [0.25, 0.3) is 0 Å². The number of ether oxygens (including phenoxy) is 2. The molecule has 0 aromatic heterocycles. The van der Waals surface area contributed by atoms with Crippen LogP contribution in [0.4, 0.5) is 0 Å². The van der Waals surface area contributed by atoms with E-state index in [1.54, 1.807) is 12.1 Å². The summed E-state index contributed by atoms with van der Waals surface area (Å²) in [6, 6.07) is 3.32. The number of hydrogen-bond acceptors (Lipinski definition) is 4. The third-order valence-corrected chi connectivity index (χ3v) is 3.04. The van der Waals surface area contributed by atoms with E-state index in [0.717, 1.165) is 5.56 Å². The number of carboxylic acids is 1. The molecule has 1 aliphatic rings. The monoisotopic (exact) mass is 238 g/mol. The molecule has 1 fully saturated rings. The summed E-state index contributed by atoms with van der Waals surface area (Å²) in [7, 11) is 2.89. The Bertz CT molecular complexity index is 429. The first-order valence-electron chi connectivity index (χ1n) is 5.26. The van der Waals surface area contributed by atoms with Gasteiger partial charge in [-0.25, -0.2) is 0 Å². The zero-order valence-corrected chi connectivity index (χ0v) is 9.64. The zero-order valence-electron chi connectivity index (χ0n) is 9.64. The van der Waals surface area contributed by atoms with Gasteiger partial charge in [-0.2, -0.15) is 0 Å². The minimum atomic E-state index is -0.791. The molecule has 0 radical (unpaired) electrons. The summed E-state index contributed by atoms with van der Waals surface area (Å²) >= 11 is 0. The standard InChI is InChI=1S/C12H14O5/c1-16-9-3-6(4-10(17-2)11(9)13)7-5-8(7)12(14)15/h3-4,7-8,13H,5H2,1-2H3,(H,14,15)/t7-,8+/m0/s1. The van der Waals surface area contributed by atoms with E-state index in [1.165, 1.54) is 14.2 Å². The predicted molar refractivity (Wildman–Crippen MR) is 59.7 cm³/mol. The van der Waals surface area contributed by atoms with Gasteiger partial charge in [0.25, 0.3) is 0 Å². The van der Waals surface area contributed by atoms with E-state index in [0.29, 0.717) is 17.9 Å². The number of carbonyl (C=O) groups is 1. The first-order chi connectivity index (χ1) is 8.08. The summed E-state index contributed by atoms with van der Waals surface area (Å²) in [4.78, 5) is 10.8. The maximum Gasteiger partial charge on any atom is 0.307 e. The molecule has 92 valence electrons. The van der Waals surface area contributed by atoms with Crippen LogP contribution in [-0.2, 0) is 4.79 Å². The second-order valence-corrected chi connectivity index (χ2v) is 4.06. The molecule has 1 aromatic rings. The van der Waals surface area contributed by atoms with Crippen molar-refractivity contribution in [1.29, 1.82) is 0 Å². The lowest BCUT2D eigenvalue weighted by atomic mass is 10.1. The van der Waals surface area contributed by atoms with Gasteiger partial charge in [-0.05, 0) is 30.0 Å². The maximum atomic E-state index is 10.8. The largest absolute Gasteiger partial charge is 0.502 e. The number of benzene rings is 1. The van der Waals surface area contributed by atoms with Gasteiger partial charge in [0.2, 0.25) is 5.75 Å². The Balaban J connectivity index is 2.33. The van der Waals surface area contributed by atoms with Gasteiger partial charge in [0.15, 0.2) is 11.5 Å². The quantitative estimate of drug-likeness (QED) is 0.833. The molecular weight excluding hydrogens is 224 g/mol. The SMILES string of the molecule is COc1cc([C@@H]2C[C@H]2C(=O)O)cc(OC)c1O. The lowest BCUT2D eigenvalue weighted by Crippen LogP contribution is -1.99. The highest BCUT2D eigenvalue weighted by molar-refractivity contribution is 5.75. The van der Waals surface area contributed by atoms with E-state index in [1.807, 2.05) is 0 Å². The zero-order chi connectivity index (χ0) is 12.6. The van der Waals surface area contributed by atoms with Crippen LogP contribution in [0.3, 0.4) is 0 Å². The Labute approximate surface area is 98.6 Å². The van der Waals surface area contributed by atoms with Crippen molar-refractivity contribution in [2.24, 2.45) is 5.92 Å². The number of phenols is 1. The van der Waals surface area contributed by atoms with E-state index in [-0.39, 0.29) is 17.6 Å². The van der Waals surface area contributed by atoms with Crippen molar-refractivity contribution in [3.63, 3.8) is 0 Å². The smallest absolute Gasteiger partial charge is 0.307 e. The molecule has 2 rings (SSSR count). The predicted octanol–water partition coefficient (Wildman–Crippen LogP) is 1.60. The van der Waals surface area contributed by atoms with E-state index in [4.69, 9.17) is 14.6 Å². The van der Waals surface area contributed by atoms with E-state index < -0.39 is 5.97 Å². The van der Waals surface area contributed by atoms with Crippen LogP contribution < -0.4 is 9.47 Å². The summed E-state index contributed by atoms with van der Waals surface area (Å²) in [5.74, 6) is -0.608. The van der Waals surface area contributed by atoms with E-state index in [2.05, 4.69) is 0 Å². The molecule has 0 aliphatic heterocycles. The van der Waals surface area contributed by atoms with Crippen molar-refractivity contribution in [1.82, 2.24) is 0 Å². The lowest BCUT2D eigenvalue weighted by molar-refractivity contribution is -0.138. The van der Waals surface area contributed by atoms with Gasteiger partial charge in [-0.3, -0.25) is 4.79 Å². The molecule has 17 heavy (non-hydrogen) atoms. The van der Waals surface area contributed by atoms with Crippen molar-refractivity contribution in [3.8, 4) is 17.2 Å². The number of methoxy groups -OCH3 is 2. The van der Waals surface area contributed by atoms with Crippen molar-refractivity contribution >= 4 is 5.97 Å². The molecule has 0 heterocycles. The average molecular weight is 238 g/mol. The summed E-state index contributed by atoms with van der Waals surface area (Å²) in [6.07, 6.45) is 0.617. The minimum absolute atomic E-state index is 0.0177. The number of phenolic OH excluding ortho intramolecular Hbond substituents is 1. The van der Waals surface area contributed by atoms with Crippen LogP contribution in [0.15, 0.2) is 12.1 Å². The number of rotatable bonds is 4. The highest BCUT2D eigenvalue weighted by Gasteiger charge is 2.44. The van der Waals surface area contributed by atoms with Crippen LogP contribution in [0.5, 0.6) is 17.2 Å². The number of carboxylic acid groups (broad SMARTS) is 1. The van der Waals surface area contributed by atoms with Crippen LogP contribution in [-0.4, -0.2) is 30.4 Å². The second kappa shape index (κ2) is 4.16. The van der Waals surface area contributed by atoms with Gasteiger partial charge >= 0.3 is 5.97 Å². The topological polar surface area (TPSA) is 76.0 Å². The number of aromatic hydroxyl groups is 1. The summed E-state index contributed by atoms with van der Waals surface area (Å²) in [6.45, 7) is 0. The third kappa shape index (κ3) is 2.00. The van der Waals surface area contributed by atoms with Gasteiger partial charge < -0.3 is 19.7 Å². The van der Waals surface area contributed by atoms with E-state index in [9.17, 15) is 9.90 Å². The van der Waals surface area contributed by atoms with Gasteiger partial charge in [0.05, 0.1) is 20.1 Å². The molecule has 0 unspecified atom stereocenters. The fourth-order valence-electron chi connectivity index (χ4n) is 1.96. The molecule has 2 atom stereocenters. The normalized spacial score (nSPS) is 22.0. The number of aliphatic carboxylic acids is 1. The average Bonchev–Trinajstić information content (AvgIpc) is 3.09. The second-order valence-electron chi connectivity index (χ2n) is 4.06. The molecular formula is C12H14O5. The molecule has 1 saturated carbocycles. The Morgan fingerprint density at radius 1 is 1.29 bits per heavy atom. The molecule has 0 bridgehead atoms. The maximum absolute atomic E-state index is 10.8.